The minimum Gasteiger partial charge on any atom is -0.341 e. The summed E-state index contributed by atoms with van der Waals surface area (Å²) in [5.41, 5.74) is 1.03. The van der Waals surface area contributed by atoms with E-state index in [0.717, 1.165) is 57.7 Å². The lowest BCUT2D eigenvalue weighted by Gasteiger charge is -2.36. The molecule has 2 aliphatic heterocycles. The number of carbonyl (C=O) groups is 1. The van der Waals surface area contributed by atoms with Gasteiger partial charge in [0.15, 0.2) is 0 Å². The molecule has 3 heterocycles. The van der Waals surface area contributed by atoms with Gasteiger partial charge in [0.25, 0.3) is 0 Å². The Morgan fingerprint density at radius 3 is 2.45 bits per heavy atom. The van der Waals surface area contributed by atoms with Crippen LogP contribution in [0.1, 0.15) is 37.3 Å². The largest absolute Gasteiger partial charge is 0.341 e. The summed E-state index contributed by atoms with van der Waals surface area (Å²) in [6, 6.07) is 3.80. The van der Waals surface area contributed by atoms with Gasteiger partial charge in [-0.2, -0.15) is 0 Å². The Kier molecular flexibility index (Phi) is 5.40. The Morgan fingerprint density at radius 2 is 1.82 bits per heavy atom. The summed E-state index contributed by atoms with van der Waals surface area (Å²) in [5, 5.41) is 3.37. The third-order valence-corrected chi connectivity index (χ3v) is 4.67. The second kappa shape index (κ2) is 7.70. The molecule has 0 bridgehead atoms. The molecule has 1 amide bonds. The highest BCUT2D eigenvalue weighted by Crippen LogP contribution is 2.24. The summed E-state index contributed by atoms with van der Waals surface area (Å²) in [4.78, 5) is 21.8. The smallest absolute Gasteiger partial charge is 0.244 e. The average Bonchev–Trinajstić information content (AvgIpc) is 2.86. The van der Waals surface area contributed by atoms with Crippen LogP contribution in [0.15, 0.2) is 24.5 Å². The second-order valence-corrected chi connectivity index (χ2v) is 6.21. The van der Waals surface area contributed by atoms with Gasteiger partial charge in [-0.25, -0.2) is 0 Å². The predicted octanol–water partition coefficient (Wildman–Crippen LogP) is 1.43. The topological polar surface area (TPSA) is 48.5 Å². The zero-order chi connectivity index (χ0) is 15.2. The zero-order valence-corrected chi connectivity index (χ0v) is 13.2. The molecule has 1 atom stereocenters. The van der Waals surface area contributed by atoms with E-state index in [0.29, 0.717) is 0 Å². The maximum atomic E-state index is 13.2. The number of piperazine rings is 1. The maximum Gasteiger partial charge on any atom is 0.244 e. The van der Waals surface area contributed by atoms with Crippen LogP contribution in [0.25, 0.3) is 0 Å². The van der Waals surface area contributed by atoms with E-state index in [9.17, 15) is 4.79 Å². The SMILES string of the molecule is O=C(C(c1cccnc1)N1CCNCC1)N1CCCCCC1. The first kappa shape index (κ1) is 15.4. The number of aromatic nitrogens is 1. The number of pyridine rings is 1. The van der Waals surface area contributed by atoms with Crippen LogP contribution in [0.2, 0.25) is 0 Å². The van der Waals surface area contributed by atoms with Crippen LogP contribution in [0, 0.1) is 0 Å². The van der Waals surface area contributed by atoms with Crippen LogP contribution in [0.3, 0.4) is 0 Å². The van der Waals surface area contributed by atoms with Gasteiger partial charge >= 0.3 is 0 Å². The Morgan fingerprint density at radius 1 is 1.09 bits per heavy atom. The van der Waals surface area contributed by atoms with Gasteiger partial charge in [0.05, 0.1) is 0 Å². The van der Waals surface area contributed by atoms with E-state index < -0.39 is 0 Å². The normalized spacial score (nSPS) is 22.1. The molecule has 1 aromatic rings. The number of hydrogen-bond donors (Lipinski definition) is 1. The molecular formula is C17H26N4O. The monoisotopic (exact) mass is 302 g/mol. The summed E-state index contributed by atoms with van der Waals surface area (Å²) >= 11 is 0. The minimum atomic E-state index is -0.172. The summed E-state index contributed by atoms with van der Waals surface area (Å²) < 4.78 is 0. The van der Waals surface area contributed by atoms with E-state index in [1.165, 1.54) is 12.8 Å². The van der Waals surface area contributed by atoms with Crippen molar-refractivity contribution in [2.45, 2.75) is 31.7 Å². The number of nitrogens with one attached hydrogen (secondary N) is 1. The molecule has 120 valence electrons. The van der Waals surface area contributed by atoms with Crippen molar-refractivity contribution in [2.24, 2.45) is 0 Å². The molecule has 0 aromatic carbocycles. The molecular weight excluding hydrogens is 276 g/mol. The number of nitrogens with zero attached hydrogens (tertiary/aromatic N) is 3. The fourth-order valence-electron chi connectivity index (χ4n) is 3.45. The Labute approximate surface area is 132 Å². The highest BCUT2D eigenvalue weighted by molar-refractivity contribution is 5.83. The van der Waals surface area contributed by atoms with Gasteiger partial charge in [-0.05, 0) is 24.5 Å². The van der Waals surface area contributed by atoms with E-state index in [4.69, 9.17) is 0 Å². The molecule has 0 radical (unpaired) electrons. The average molecular weight is 302 g/mol. The Balaban J connectivity index is 1.81. The molecule has 0 saturated carbocycles. The first-order valence-corrected chi connectivity index (χ1v) is 8.50. The highest BCUT2D eigenvalue weighted by atomic mass is 16.2. The van der Waals surface area contributed by atoms with Crippen LogP contribution in [0.4, 0.5) is 0 Å². The van der Waals surface area contributed by atoms with Crippen LogP contribution >= 0.6 is 0 Å². The van der Waals surface area contributed by atoms with Crippen molar-refractivity contribution in [1.82, 2.24) is 20.1 Å². The Bertz CT molecular complexity index is 465. The second-order valence-electron chi connectivity index (χ2n) is 6.21. The van der Waals surface area contributed by atoms with E-state index in [-0.39, 0.29) is 11.9 Å². The molecule has 3 rings (SSSR count). The van der Waals surface area contributed by atoms with E-state index >= 15 is 0 Å². The lowest BCUT2D eigenvalue weighted by Crippen LogP contribution is -2.50. The third-order valence-electron chi connectivity index (χ3n) is 4.67. The predicted molar refractivity (Wildman–Crippen MR) is 86.5 cm³/mol. The van der Waals surface area contributed by atoms with Crippen molar-refractivity contribution in [3.05, 3.63) is 30.1 Å². The van der Waals surface area contributed by atoms with Gasteiger partial charge in [-0.3, -0.25) is 14.7 Å². The summed E-state index contributed by atoms with van der Waals surface area (Å²) in [6.07, 6.45) is 8.38. The summed E-state index contributed by atoms with van der Waals surface area (Å²) in [6.45, 7) is 5.54. The molecule has 2 saturated heterocycles. The maximum absolute atomic E-state index is 13.2. The number of hydrogen-bond acceptors (Lipinski definition) is 4. The van der Waals surface area contributed by atoms with Crippen molar-refractivity contribution >= 4 is 5.91 Å². The van der Waals surface area contributed by atoms with E-state index in [1.807, 2.05) is 18.3 Å². The molecule has 2 aliphatic rings. The molecule has 1 aromatic heterocycles. The van der Waals surface area contributed by atoms with Crippen LogP contribution < -0.4 is 5.32 Å². The summed E-state index contributed by atoms with van der Waals surface area (Å²) in [7, 11) is 0. The first-order valence-electron chi connectivity index (χ1n) is 8.50. The molecule has 1 N–H and O–H groups in total. The molecule has 5 nitrogen and oxygen atoms in total. The number of likely N-dealkylation sites (tertiary alicyclic amines) is 1. The van der Waals surface area contributed by atoms with Gasteiger partial charge < -0.3 is 10.2 Å². The van der Waals surface area contributed by atoms with Gasteiger partial charge in [0.2, 0.25) is 5.91 Å². The molecule has 0 spiro atoms. The standard InChI is InChI=1S/C17H26N4O/c22-17(21-10-3-1-2-4-11-21)16(15-6-5-7-19-14-15)20-12-8-18-9-13-20/h5-7,14,16,18H,1-4,8-13H2. The van der Waals surface area contributed by atoms with Crippen molar-refractivity contribution < 1.29 is 4.79 Å². The van der Waals surface area contributed by atoms with Gasteiger partial charge in [-0.15, -0.1) is 0 Å². The van der Waals surface area contributed by atoms with E-state index in [2.05, 4.69) is 20.1 Å². The van der Waals surface area contributed by atoms with Crippen molar-refractivity contribution in [3.63, 3.8) is 0 Å². The molecule has 5 heteroatoms. The molecule has 0 aliphatic carbocycles. The Hall–Kier alpha value is -1.46. The molecule has 2 fully saturated rings. The number of carbonyl (C=O) groups excluding carboxylic acids is 1. The van der Waals surface area contributed by atoms with E-state index in [1.54, 1.807) is 6.20 Å². The van der Waals surface area contributed by atoms with Gasteiger partial charge in [-0.1, -0.05) is 18.9 Å². The zero-order valence-electron chi connectivity index (χ0n) is 13.2. The van der Waals surface area contributed by atoms with Gasteiger partial charge in [0, 0.05) is 51.7 Å². The fourth-order valence-corrected chi connectivity index (χ4v) is 3.45. The quantitative estimate of drug-likeness (QED) is 0.918. The first-order chi connectivity index (χ1) is 10.9. The minimum absolute atomic E-state index is 0.172. The lowest BCUT2D eigenvalue weighted by atomic mass is 10.0. The van der Waals surface area contributed by atoms with Crippen molar-refractivity contribution in [3.8, 4) is 0 Å². The third kappa shape index (κ3) is 3.65. The fraction of sp³-hybridized carbons (Fsp3) is 0.647. The van der Waals surface area contributed by atoms with Crippen molar-refractivity contribution in [1.29, 1.82) is 0 Å². The summed E-state index contributed by atoms with van der Waals surface area (Å²) in [5.74, 6) is 0.261. The molecule has 1 unspecified atom stereocenters. The highest BCUT2D eigenvalue weighted by Gasteiger charge is 2.32. The van der Waals surface area contributed by atoms with Crippen molar-refractivity contribution in [2.75, 3.05) is 39.3 Å². The number of rotatable bonds is 3. The molecule has 22 heavy (non-hydrogen) atoms. The number of amides is 1. The lowest BCUT2D eigenvalue weighted by molar-refractivity contribution is -0.137. The van der Waals surface area contributed by atoms with Crippen LogP contribution in [0.5, 0.6) is 0 Å². The van der Waals surface area contributed by atoms with Crippen LogP contribution in [-0.2, 0) is 4.79 Å². The van der Waals surface area contributed by atoms with Gasteiger partial charge in [0.1, 0.15) is 6.04 Å². The van der Waals surface area contributed by atoms with Crippen LogP contribution in [-0.4, -0.2) is 60.0 Å².